The predicted molar refractivity (Wildman–Crippen MR) is 106 cm³/mol. The van der Waals surface area contributed by atoms with Crippen LogP contribution in [-0.4, -0.2) is 11.5 Å². The Labute approximate surface area is 149 Å². The highest BCUT2D eigenvalue weighted by Crippen LogP contribution is 2.36. The Kier molecular flexibility index (Phi) is 4.86. The molecule has 1 aliphatic heterocycles. The molecule has 0 amide bonds. The molecule has 24 heavy (non-hydrogen) atoms. The molecule has 0 saturated heterocycles. The van der Waals surface area contributed by atoms with Gasteiger partial charge in [0, 0.05) is 39.4 Å². The molecule has 4 rings (SSSR count). The molecule has 3 heteroatoms. The fourth-order valence-corrected chi connectivity index (χ4v) is 3.45. The van der Waals surface area contributed by atoms with Gasteiger partial charge in [-0.2, -0.15) is 0 Å². The third-order valence-electron chi connectivity index (χ3n) is 4.48. The van der Waals surface area contributed by atoms with Gasteiger partial charge in [-0.1, -0.05) is 51.4 Å². The van der Waals surface area contributed by atoms with Crippen LogP contribution in [0.3, 0.4) is 0 Å². The van der Waals surface area contributed by atoms with Crippen LogP contribution in [0.15, 0.2) is 36.4 Å². The summed E-state index contributed by atoms with van der Waals surface area (Å²) in [5.41, 5.74) is 7.28. The maximum atomic E-state index is 6.54. The SMILES string of the molecule is CC.CC(C)c1cc2cc(Cl)c(-c3ccc4c(c3)NCC4)cc2[nH]1. The topological polar surface area (TPSA) is 27.8 Å². The van der Waals surface area contributed by atoms with E-state index in [0.717, 1.165) is 29.1 Å². The van der Waals surface area contributed by atoms with Crippen molar-refractivity contribution >= 4 is 28.2 Å². The molecule has 0 bridgehead atoms. The van der Waals surface area contributed by atoms with Crippen LogP contribution in [0, 0.1) is 0 Å². The number of H-pyrrole nitrogens is 1. The van der Waals surface area contributed by atoms with Crippen LogP contribution < -0.4 is 5.32 Å². The Bertz CT molecular complexity index is 862. The lowest BCUT2D eigenvalue weighted by atomic mass is 10.0. The largest absolute Gasteiger partial charge is 0.384 e. The first-order valence-corrected chi connectivity index (χ1v) is 9.19. The smallest absolute Gasteiger partial charge is 0.0491 e. The van der Waals surface area contributed by atoms with E-state index in [1.807, 2.05) is 13.8 Å². The molecule has 2 nitrogen and oxygen atoms in total. The van der Waals surface area contributed by atoms with Crippen LogP contribution in [0.2, 0.25) is 5.02 Å². The van der Waals surface area contributed by atoms with Crippen molar-refractivity contribution in [2.75, 3.05) is 11.9 Å². The molecular weight excluding hydrogens is 316 g/mol. The lowest BCUT2D eigenvalue weighted by Crippen LogP contribution is -1.91. The van der Waals surface area contributed by atoms with E-state index < -0.39 is 0 Å². The fourth-order valence-electron chi connectivity index (χ4n) is 3.17. The minimum Gasteiger partial charge on any atom is -0.384 e. The quantitative estimate of drug-likeness (QED) is 0.540. The van der Waals surface area contributed by atoms with Crippen LogP contribution in [0.25, 0.3) is 22.0 Å². The summed E-state index contributed by atoms with van der Waals surface area (Å²) < 4.78 is 0. The van der Waals surface area contributed by atoms with Crippen molar-refractivity contribution in [3.8, 4) is 11.1 Å². The lowest BCUT2D eigenvalue weighted by Gasteiger charge is -2.08. The number of rotatable bonds is 2. The van der Waals surface area contributed by atoms with Crippen LogP contribution >= 0.6 is 11.6 Å². The highest BCUT2D eigenvalue weighted by atomic mass is 35.5. The van der Waals surface area contributed by atoms with Gasteiger partial charge in [-0.25, -0.2) is 0 Å². The maximum absolute atomic E-state index is 6.54. The Morgan fingerprint density at radius 3 is 2.58 bits per heavy atom. The highest BCUT2D eigenvalue weighted by Gasteiger charge is 2.14. The van der Waals surface area contributed by atoms with Gasteiger partial charge in [-0.05, 0) is 47.7 Å². The number of fused-ring (bicyclic) bond motifs is 2. The number of hydrogen-bond acceptors (Lipinski definition) is 1. The van der Waals surface area contributed by atoms with E-state index in [0.29, 0.717) is 5.92 Å². The van der Waals surface area contributed by atoms with Gasteiger partial charge in [-0.15, -0.1) is 0 Å². The molecule has 2 N–H and O–H groups in total. The Morgan fingerprint density at radius 2 is 1.83 bits per heavy atom. The van der Waals surface area contributed by atoms with E-state index in [4.69, 9.17) is 11.6 Å². The third kappa shape index (κ3) is 3.03. The van der Waals surface area contributed by atoms with Gasteiger partial charge in [0.25, 0.3) is 0 Å². The molecule has 2 aromatic carbocycles. The summed E-state index contributed by atoms with van der Waals surface area (Å²) in [7, 11) is 0. The molecule has 0 aliphatic carbocycles. The van der Waals surface area contributed by atoms with E-state index in [1.54, 1.807) is 0 Å². The first-order chi connectivity index (χ1) is 11.6. The van der Waals surface area contributed by atoms with E-state index in [1.165, 1.54) is 27.9 Å². The van der Waals surface area contributed by atoms with Crippen LogP contribution in [0.4, 0.5) is 5.69 Å². The molecule has 3 aromatic rings. The van der Waals surface area contributed by atoms with Crippen LogP contribution in [-0.2, 0) is 6.42 Å². The molecule has 0 atom stereocenters. The number of nitrogens with one attached hydrogen (secondary N) is 2. The molecule has 1 aromatic heterocycles. The van der Waals surface area contributed by atoms with Crippen LogP contribution in [0.1, 0.15) is 44.9 Å². The molecule has 2 heterocycles. The summed E-state index contributed by atoms with van der Waals surface area (Å²) in [6, 6.07) is 13.0. The summed E-state index contributed by atoms with van der Waals surface area (Å²) in [4.78, 5) is 3.51. The maximum Gasteiger partial charge on any atom is 0.0491 e. The zero-order chi connectivity index (χ0) is 17.3. The Balaban J connectivity index is 0.000000815. The average molecular weight is 341 g/mol. The van der Waals surface area contributed by atoms with Gasteiger partial charge in [0.2, 0.25) is 0 Å². The van der Waals surface area contributed by atoms with Crippen molar-refractivity contribution in [2.45, 2.75) is 40.0 Å². The second-order valence-corrected chi connectivity index (χ2v) is 6.75. The molecule has 0 radical (unpaired) electrons. The highest BCUT2D eigenvalue weighted by molar-refractivity contribution is 6.34. The Morgan fingerprint density at radius 1 is 1.04 bits per heavy atom. The van der Waals surface area contributed by atoms with E-state index in [9.17, 15) is 0 Å². The zero-order valence-electron chi connectivity index (χ0n) is 14.8. The Hall–Kier alpha value is -1.93. The normalized spacial score (nSPS) is 12.8. The molecule has 0 fully saturated rings. The zero-order valence-corrected chi connectivity index (χ0v) is 15.6. The summed E-state index contributed by atoms with van der Waals surface area (Å²) >= 11 is 6.54. The molecule has 0 unspecified atom stereocenters. The first kappa shape index (κ1) is 16.9. The lowest BCUT2D eigenvalue weighted by molar-refractivity contribution is 0.836. The van der Waals surface area contributed by atoms with Crippen molar-refractivity contribution in [1.82, 2.24) is 4.98 Å². The van der Waals surface area contributed by atoms with Crippen molar-refractivity contribution in [3.63, 3.8) is 0 Å². The van der Waals surface area contributed by atoms with Gasteiger partial charge in [0.1, 0.15) is 0 Å². The van der Waals surface area contributed by atoms with E-state index in [2.05, 4.69) is 60.5 Å². The summed E-state index contributed by atoms with van der Waals surface area (Å²) in [6.45, 7) is 9.42. The number of hydrogen-bond donors (Lipinski definition) is 2. The minimum atomic E-state index is 0.485. The number of aromatic amines is 1. The monoisotopic (exact) mass is 340 g/mol. The van der Waals surface area contributed by atoms with E-state index in [-0.39, 0.29) is 0 Å². The third-order valence-corrected chi connectivity index (χ3v) is 4.79. The second-order valence-electron chi connectivity index (χ2n) is 6.35. The minimum absolute atomic E-state index is 0.485. The van der Waals surface area contributed by atoms with Gasteiger partial charge < -0.3 is 10.3 Å². The van der Waals surface area contributed by atoms with E-state index >= 15 is 0 Å². The molecule has 1 aliphatic rings. The molecule has 126 valence electrons. The number of aromatic nitrogens is 1. The second kappa shape index (κ2) is 6.90. The fraction of sp³-hybridized carbons (Fsp3) is 0.333. The van der Waals surface area contributed by atoms with Gasteiger partial charge >= 0.3 is 0 Å². The first-order valence-electron chi connectivity index (χ1n) is 8.81. The number of halogens is 1. The number of benzene rings is 2. The van der Waals surface area contributed by atoms with Gasteiger partial charge in [0.15, 0.2) is 0 Å². The van der Waals surface area contributed by atoms with Crippen molar-refractivity contribution < 1.29 is 0 Å². The van der Waals surface area contributed by atoms with Gasteiger partial charge in [0.05, 0.1) is 0 Å². The molecular formula is C21H25ClN2. The predicted octanol–water partition coefficient (Wildman–Crippen LogP) is 6.61. The van der Waals surface area contributed by atoms with Gasteiger partial charge in [-0.3, -0.25) is 0 Å². The number of anilines is 1. The standard InChI is InChI=1S/C19H19ClN2.C2H6/c1-11(2)17-9-14-7-16(20)15(10-19(14)22-17)13-4-3-12-5-6-21-18(12)8-13;1-2/h3-4,7-11,21-22H,5-6H2,1-2H3;1-2H3. The molecule has 0 saturated carbocycles. The molecule has 0 spiro atoms. The summed E-state index contributed by atoms with van der Waals surface area (Å²) in [5.74, 6) is 0.485. The van der Waals surface area contributed by atoms with Crippen LogP contribution in [0.5, 0.6) is 0 Å². The van der Waals surface area contributed by atoms with Crippen molar-refractivity contribution in [1.29, 1.82) is 0 Å². The average Bonchev–Trinajstić information content (AvgIpc) is 3.21. The summed E-state index contributed by atoms with van der Waals surface area (Å²) in [5, 5.41) is 5.42. The van der Waals surface area contributed by atoms with Crippen molar-refractivity contribution in [2.24, 2.45) is 0 Å². The van der Waals surface area contributed by atoms with Crippen molar-refractivity contribution in [3.05, 3.63) is 52.7 Å². The summed E-state index contributed by atoms with van der Waals surface area (Å²) in [6.07, 6.45) is 1.11.